The Kier molecular flexibility index (Phi) is 7.03. The second-order valence-corrected chi connectivity index (χ2v) is 8.91. The molecule has 2 fully saturated rings. The van der Waals surface area contributed by atoms with Crippen LogP contribution in [0.2, 0.25) is 0 Å². The largest absolute Gasteiger partial charge is 0.395 e. The van der Waals surface area contributed by atoms with Crippen LogP contribution in [-0.4, -0.2) is 89.3 Å². The average molecular weight is 465 g/mol. The molecule has 0 atom stereocenters. The fourth-order valence-electron chi connectivity index (χ4n) is 5.03. The summed E-state index contributed by atoms with van der Waals surface area (Å²) in [5.74, 6) is 1.52. The van der Waals surface area contributed by atoms with Gasteiger partial charge in [0.05, 0.1) is 31.8 Å². The summed E-state index contributed by atoms with van der Waals surface area (Å²) in [6.45, 7) is 5.91. The van der Waals surface area contributed by atoms with E-state index in [-0.39, 0.29) is 25.5 Å². The van der Waals surface area contributed by atoms with Gasteiger partial charge < -0.3 is 20.1 Å². The lowest BCUT2D eigenvalue weighted by Gasteiger charge is -2.40. The Morgan fingerprint density at radius 1 is 1.03 bits per heavy atom. The van der Waals surface area contributed by atoms with E-state index >= 15 is 0 Å². The number of benzene rings is 1. The van der Waals surface area contributed by atoms with Crippen LogP contribution in [0.4, 0.5) is 5.82 Å². The third-order valence-corrected chi connectivity index (χ3v) is 6.81. The Morgan fingerprint density at radius 3 is 2.50 bits per heavy atom. The standard InChI is InChI=1S/C25H32N6O3/c32-14-9-26-25(33)17-19-18-31(22-4-2-1-3-21(19)22)24-6-5-23(27-28-24)30-10-7-20(8-11-30)29-12-15-34-16-13-29/h1-6,18,20,32H,7-17H2,(H,26,33). The predicted molar refractivity (Wildman–Crippen MR) is 130 cm³/mol. The lowest BCUT2D eigenvalue weighted by atomic mass is 10.0. The predicted octanol–water partition coefficient (Wildman–Crippen LogP) is 1.37. The van der Waals surface area contributed by atoms with Crippen molar-refractivity contribution in [2.45, 2.75) is 25.3 Å². The highest BCUT2D eigenvalue weighted by Gasteiger charge is 2.26. The number of nitrogens with one attached hydrogen (secondary N) is 1. The Bertz CT molecular complexity index is 1100. The minimum Gasteiger partial charge on any atom is -0.395 e. The monoisotopic (exact) mass is 464 g/mol. The maximum atomic E-state index is 12.2. The summed E-state index contributed by atoms with van der Waals surface area (Å²) in [4.78, 5) is 17.1. The molecule has 3 aromatic rings. The van der Waals surface area contributed by atoms with Crippen molar-refractivity contribution < 1.29 is 14.6 Å². The molecule has 0 radical (unpaired) electrons. The van der Waals surface area contributed by atoms with Crippen molar-refractivity contribution in [2.75, 3.05) is 57.4 Å². The Balaban J connectivity index is 1.29. The van der Waals surface area contributed by atoms with Crippen LogP contribution in [0.5, 0.6) is 0 Å². The normalized spacial score (nSPS) is 17.9. The van der Waals surface area contributed by atoms with Crippen LogP contribution in [0.25, 0.3) is 16.7 Å². The van der Waals surface area contributed by atoms with Gasteiger partial charge in [0, 0.05) is 50.3 Å². The van der Waals surface area contributed by atoms with E-state index < -0.39 is 0 Å². The van der Waals surface area contributed by atoms with Crippen molar-refractivity contribution in [1.82, 2.24) is 25.0 Å². The number of fused-ring (bicyclic) bond motifs is 1. The van der Waals surface area contributed by atoms with Gasteiger partial charge in [0.15, 0.2) is 11.6 Å². The SMILES string of the molecule is O=C(Cc1cn(-c2ccc(N3CCC(N4CCOCC4)CC3)nn2)c2ccccc12)NCCO. The third-order valence-electron chi connectivity index (χ3n) is 6.81. The number of aliphatic hydroxyl groups excluding tert-OH is 1. The number of hydrogen-bond acceptors (Lipinski definition) is 7. The zero-order valence-corrected chi connectivity index (χ0v) is 19.4. The maximum absolute atomic E-state index is 12.2. The molecular weight excluding hydrogens is 432 g/mol. The summed E-state index contributed by atoms with van der Waals surface area (Å²) in [5, 5.41) is 21.8. The van der Waals surface area contributed by atoms with Crippen LogP contribution < -0.4 is 10.2 Å². The minimum absolute atomic E-state index is 0.0691. The van der Waals surface area contributed by atoms with Gasteiger partial charge in [-0.15, -0.1) is 10.2 Å². The van der Waals surface area contributed by atoms with Gasteiger partial charge in [-0.1, -0.05) is 18.2 Å². The van der Waals surface area contributed by atoms with Gasteiger partial charge in [-0.25, -0.2) is 0 Å². The number of nitrogens with zero attached hydrogens (tertiary/aromatic N) is 5. The van der Waals surface area contributed by atoms with E-state index in [0.717, 1.165) is 80.3 Å². The summed E-state index contributed by atoms with van der Waals surface area (Å²) in [5.41, 5.74) is 1.91. The second kappa shape index (κ2) is 10.5. The molecular formula is C25H32N6O3. The van der Waals surface area contributed by atoms with Crippen molar-refractivity contribution in [3.05, 3.63) is 48.2 Å². The van der Waals surface area contributed by atoms with Crippen LogP contribution in [0.15, 0.2) is 42.6 Å². The molecule has 0 bridgehead atoms. The Hall–Kier alpha value is -3.01. The molecule has 34 heavy (non-hydrogen) atoms. The zero-order chi connectivity index (χ0) is 23.3. The van der Waals surface area contributed by atoms with Crippen LogP contribution >= 0.6 is 0 Å². The molecule has 180 valence electrons. The molecule has 2 N–H and O–H groups in total. The van der Waals surface area contributed by atoms with Gasteiger partial charge in [-0.05, 0) is 36.6 Å². The second-order valence-electron chi connectivity index (χ2n) is 8.91. The fraction of sp³-hybridized carbons (Fsp3) is 0.480. The molecule has 0 unspecified atom stereocenters. The molecule has 9 nitrogen and oxygen atoms in total. The lowest BCUT2D eigenvalue weighted by molar-refractivity contribution is -0.120. The lowest BCUT2D eigenvalue weighted by Crippen LogP contribution is -2.49. The first-order chi connectivity index (χ1) is 16.7. The maximum Gasteiger partial charge on any atom is 0.224 e. The quantitative estimate of drug-likeness (QED) is 0.545. The molecule has 2 aliphatic rings. The van der Waals surface area contributed by atoms with E-state index in [1.807, 2.05) is 47.2 Å². The molecule has 0 aliphatic carbocycles. The highest BCUT2D eigenvalue weighted by molar-refractivity contribution is 5.90. The van der Waals surface area contributed by atoms with E-state index in [2.05, 4.69) is 25.3 Å². The van der Waals surface area contributed by atoms with Crippen LogP contribution in [0.3, 0.4) is 0 Å². The molecule has 0 saturated carbocycles. The van der Waals surface area contributed by atoms with E-state index in [1.165, 1.54) is 0 Å². The van der Waals surface area contributed by atoms with E-state index in [9.17, 15) is 4.79 Å². The molecule has 2 aromatic heterocycles. The number of carbonyl (C=O) groups is 1. The Labute approximate surface area is 199 Å². The van der Waals surface area contributed by atoms with Crippen LogP contribution in [-0.2, 0) is 16.0 Å². The van der Waals surface area contributed by atoms with E-state index in [4.69, 9.17) is 9.84 Å². The molecule has 1 amide bonds. The van der Waals surface area contributed by atoms with Gasteiger partial charge in [-0.2, -0.15) is 0 Å². The number of morpholine rings is 1. The smallest absolute Gasteiger partial charge is 0.224 e. The number of rotatable bonds is 7. The molecule has 5 rings (SSSR count). The van der Waals surface area contributed by atoms with Gasteiger partial charge >= 0.3 is 0 Å². The van der Waals surface area contributed by atoms with E-state index in [0.29, 0.717) is 6.04 Å². The van der Waals surface area contributed by atoms with Crippen molar-refractivity contribution in [2.24, 2.45) is 0 Å². The van der Waals surface area contributed by atoms with E-state index in [1.54, 1.807) is 0 Å². The van der Waals surface area contributed by atoms with Gasteiger partial charge in [0.2, 0.25) is 5.91 Å². The minimum atomic E-state index is -0.112. The first-order valence-electron chi connectivity index (χ1n) is 12.1. The summed E-state index contributed by atoms with van der Waals surface area (Å²) in [7, 11) is 0. The fourth-order valence-corrected chi connectivity index (χ4v) is 5.03. The number of anilines is 1. The number of ether oxygens (including phenoxy) is 1. The number of para-hydroxylation sites is 1. The third kappa shape index (κ3) is 4.91. The van der Waals surface area contributed by atoms with Gasteiger partial charge in [0.25, 0.3) is 0 Å². The van der Waals surface area contributed by atoms with Crippen molar-refractivity contribution in [1.29, 1.82) is 0 Å². The molecule has 1 aromatic carbocycles. The van der Waals surface area contributed by atoms with Gasteiger partial charge in [-0.3, -0.25) is 14.3 Å². The van der Waals surface area contributed by atoms with Crippen molar-refractivity contribution in [3.8, 4) is 5.82 Å². The van der Waals surface area contributed by atoms with Crippen molar-refractivity contribution >= 4 is 22.6 Å². The number of hydrogen-bond donors (Lipinski definition) is 2. The number of carbonyl (C=O) groups excluding carboxylic acids is 1. The molecule has 2 saturated heterocycles. The molecule has 2 aliphatic heterocycles. The summed E-state index contributed by atoms with van der Waals surface area (Å²) in [6.07, 6.45) is 4.47. The summed E-state index contributed by atoms with van der Waals surface area (Å²) >= 11 is 0. The number of aliphatic hydroxyl groups is 1. The molecule has 9 heteroatoms. The first-order valence-corrected chi connectivity index (χ1v) is 12.1. The molecule has 0 spiro atoms. The summed E-state index contributed by atoms with van der Waals surface area (Å²) < 4.78 is 7.48. The average Bonchev–Trinajstić information content (AvgIpc) is 3.26. The van der Waals surface area contributed by atoms with Crippen molar-refractivity contribution in [3.63, 3.8) is 0 Å². The zero-order valence-electron chi connectivity index (χ0n) is 19.4. The topological polar surface area (TPSA) is 95.8 Å². The first kappa shape index (κ1) is 22.8. The van der Waals surface area contributed by atoms with Crippen LogP contribution in [0, 0.1) is 0 Å². The summed E-state index contributed by atoms with van der Waals surface area (Å²) in [6, 6.07) is 12.7. The number of aromatic nitrogens is 3. The van der Waals surface area contributed by atoms with Crippen LogP contribution in [0.1, 0.15) is 18.4 Å². The highest BCUT2D eigenvalue weighted by atomic mass is 16.5. The highest BCUT2D eigenvalue weighted by Crippen LogP contribution is 2.26. The van der Waals surface area contributed by atoms with Gasteiger partial charge in [0.1, 0.15) is 0 Å². The number of amides is 1. The number of piperidine rings is 1. The Morgan fingerprint density at radius 2 is 1.76 bits per heavy atom. The molecule has 4 heterocycles.